The van der Waals surface area contributed by atoms with Gasteiger partial charge in [0.1, 0.15) is 8.07 Å². The zero-order valence-electron chi connectivity index (χ0n) is 15.2. The van der Waals surface area contributed by atoms with E-state index in [-0.39, 0.29) is 10.8 Å². The standard InChI is InChI=1S/C20H32Si/c1-19(2,3)15-11-9-13-17(15)21(7,8)18-14-10-12-16(18)20(4,5)6/h11-14H,9-10H2,1-8H3. The van der Waals surface area contributed by atoms with Crippen LogP contribution >= 0.6 is 0 Å². The lowest BCUT2D eigenvalue weighted by molar-refractivity contribution is 0.512. The maximum atomic E-state index is 2.54. The van der Waals surface area contributed by atoms with Gasteiger partial charge in [0, 0.05) is 0 Å². The van der Waals surface area contributed by atoms with Crippen LogP contribution in [0.5, 0.6) is 0 Å². The average Bonchev–Trinajstić information content (AvgIpc) is 2.97. The summed E-state index contributed by atoms with van der Waals surface area (Å²) in [6.45, 7) is 19.2. The summed E-state index contributed by atoms with van der Waals surface area (Å²) in [4.78, 5) is 0. The summed E-state index contributed by atoms with van der Waals surface area (Å²) >= 11 is 0. The Morgan fingerprint density at radius 2 is 1.00 bits per heavy atom. The third-order valence-electron chi connectivity index (χ3n) is 4.83. The lowest BCUT2D eigenvalue weighted by Gasteiger charge is -2.37. The van der Waals surface area contributed by atoms with Crippen LogP contribution in [0.15, 0.2) is 45.8 Å². The quantitative estimate of drug-likeness (QED) is 0.519. The minimum Gasteiger partial charge on any atom is -0.0808 e. The van der Waals surface area contributed by atoms with Crippen molar-refractivity contribution in [2.45, 2.75) is 67.5 Å². The van der Waals surface area contributed by atoms with Crippen LogP contribution in [0.4, 0.5) is 0 Å². The van der Waals surface area contributed by atoms with E-state index in [1.165, 1.54) is 0 Å². The zero-order chi connectivity index (χ0) is 16.1. The van der Waals surface area contributed by atoms with Crippen molar-refractivity contribution in [3.05, 3.63) is 45.8 Å². The Labute approximate surface area is 132 Å². The summed E-state index contributed by atoms with van der Waals surface area (Å²) in [6, 6.07) is 0. The van der Waals surface area contributed by atoms with Crippen molar-refractivity contribution in [2.75, 3.05) is 0 Å². The molecule has 2 aliphatic rings. The van der Waals surface area contributed by atoms with Crippen LogP contribution < -0.4 is 0 Å². The summed E-state index contributed by atoms with van der Waals surface area (Å²) in [6.07, 6.45) is 12.2. The Kier molecular flexibility index (Phi) is 4.03. The summed E-state index contributed by atoms with van der Waals surface area (Å²) in [5, 5.41) is 3.36. The monoisotopic (exact) mass is 300 g/mol. The fourth-order valence-electron chi connectivity index (χ4n) is 3.78. The Hall–Kier alpha value is -0.823. The molecule has 0 amide bonds. The molecule has 2 aliphatic carbocycles. The van der Waals surface area contributed by atoms with Crippen molar-refractivity contribution in [3.63, 3.8) is 0 Å². The minimum absolute atomic E-state index is 0.261. The topological polar surface area (TPSA) is 0 Å². The highest BCUT2D eigenvalue weighted by atomic mass is 28.3. The second kappa shape index (κ2) is 5.12. The second-order valence-corrected chi connectivity index (χ2v) is 13.4. The highest BCUT2D eigenvalue weighted by Gasteiger charge is 2.40. The fourth-order valence-corrected chi connectivity index (χ4v) is 7.63. The molecule has 0 saturated heterocycles. The van der Waals surface area contributed by atoms with E-state index in [0.29, 0.717) is 0 Å². The van der Waals surface area contributed by atoms with Crippen molar-refractivity contribution in [3.8, 4) is 0 Å². The van der Waals surface area contributed by atoms with Gasteiger partial charge in [-0.3, -0.25) is 0 Å². The van der Waals surface area contributed by atoms with Crippen molar-refractivity contribution < 1.29 is 0 Å². The van der Waals surface area contributed by atoms with E-state index in [0.717, 1.165) is 12.8 Å². The maximum Gasteiger partial charge on any atom is 0.112 e. The van der Waals surface area contributed by atoms with Gasteiger partial charge in [0.25, 0.3) is 0 Å². The zero-order valence-corrected chi connectivity index (χ0v) is 16.2. The Morgan fingerprint density at radius 3 is 1.29 bits per heavy atom. The van der Waals surface area contributed by atoms with Crippen LogP contribution in [0.1, 0.15) is 54.4 Å². The van der Waals surface area contributed by atoms with Crippen molar-refractivity contribution in [1.29, 1.82) is 0 Å². The summed E-state index contributed by atoms with van der Waals surface area (Å²) in [5.74, 6) is 0. The summed E-state index contributed by atoms with van der Waals surface area (Å²) in [5.41, 5.74) is 3.72. The van der Waals surface area contributed by atoms with Crippen molar-refractivity contribution in [2.24, 2.45) is 10.8 Å². The predicted molar refractivity (Wildman–Crippen MR) is 98.0 cm³/mol. The molecular formula is C20H32Si. The van der Waals surface area contributed by atoms with Crippen molar-refractivity contribution in [1.82, 2.24) is 0 Å². The molecule has 116 valence electrons. The third kappa shape index (κ3) is 3.04. The molecule has 0 aliphatic heterocycles. The highest BCUT2D eigenvalue weighted by molar-refractivity contribution is 6.92. The van der Waals surface area contributed by atoms with E-state index in [4.69, 9.17) is 0 Å². The van der Waals surface area contributed by atoms with Crippen LogP contribution in [-0.4, -0.2) is 8.07 Å². The largest absolute Gasteiger partial charge is 0.112 e. The van der Waals surface area contributed by atoms with Gasteiger partial charge in [-0.15, -0.1) is 0 Å². The van der Waals surface area contributed by atoms with E-state index >= 15 is 0 Å². The maximum absolute atomic E-state index is 2.54. The van der Waals surface area contributed by atoms with E-state index < -0.39 is 8.07 Å². The summed E-state index contributed by atoms with van der Waals surface area (Å²) < 4.78 is 0. The minimum atomic E-state index is -1.60. The van der Waals surface area contributed by atoms with Crippen LogP contribution in [0.25, 0.3) is 0 Å². The Morgan fingerprint density at radius 1 is 0.667 bits per heavy atom. The second-order valence-electron chi connectivity index (χ2n) is 9.07. The van der Waals surface area contributed by atoms with Gasteiger partial charge >= 0.3 is 0 Å². The molecule has 0 unspecified atom stereocenters. The SMILES string of the molecule is CC(C)(C)C1=CCC=C1[Si](C)(C)C1=CCC=C1C(C)(C)C. The van der Waals surface area contributed by atoms with Gasteiger partial charge in [0.15, 0.2) is 0 Å². The first-order chi connectivity index (χ1) is 9.45. The first-order valence-corrected chi connectivity index (χ1v) is 11.3. The molecule has 0 aromatic heterocycles. The lowest BCUT2D eigenvalue weighted by Crippen LogP contribution is -2.37. The van der Waals surface area contributed by atoms with Gasteiger partial charge in [-0.05, 0) is 34.8 Å². The molecular weight excluding hydrogens is 268 g/mol. The molecule has 0 fully saturated rings. The first kappa shape index (κ1) is 16.5. The van der Waals surface area contributed by atoms with E-state index in [9.17, 15) is 0 Å². The van der Waals surface area contributed by atoms with Gasteiger partial charge < -0.3 is 0 Å². The molecule has 0 N–H and O–H groups in total. The van der Waals surface area contributed by atoms with Gasteiger partial charge in [0.2, 0.25) is 0 Å². The van der Waals surface area contributed by atoms with Gasteiger partial charge in [-0.25, -0.2) is 0 Å². The van der Waals surface area contributed by atoms with Gasteiger partial charge in [0.05, 0.1) is 0 Å². The normalized spacial score (nSPS) is 20.2. The molecule has 0 heterocycles. The Bertz CT molecular complexity index is 502. The molecule has 0 aromatic carbocycles. The van der Waals surface area contributed by atoms with E-state index in [1.54, 1.807) is 21.5 Å². The molecule has 0 atom stereocenters. The number of allylic oxidation sites excluding steroid dienone is 8. The molecule has 0 bridgehead atoms. The van der Waals surface area contributed by atoms with E-state index in [2.05, 4.69) is 78.9 Å². The predicted octanol–water partition coefficient (Wildman–Crippen LogP) is 6.38. The van der Waals surface area contributed by atoms with E-state index in [1.807, 2.05) is 0 Å². The molecule has 0 saturated carbocycles. The lowest BCUT2D eigenvalue weighted by atomic mass is 9.87. The molecule has 1 heteroatoms. The van der Waals surface area contributed by atoms with Crippen molar-refractivity contribution >= 4 is 8.07 Å². The van der Waals surface area contributed by atoms with Crippen LogP contribution in [0.3, 0.4) is 0 Å². The smallest absolute Gasteiger partial charge is 0.0808 e. The summed E-state index contributed by atoms with van der Waals surface area (Å²) in [7, 11) is -1.60. The fraction of sp³-hybridized carbons (Fsp3) is 0.600. The van der Waals surface area contributed by atoms with Crippen LogP contribution in [0.2, 0.25) is 13.1 Å². The molecule has 0 nitrogen and oxygen atoms in total. The average molecular weight is 301 g/mol. The molecule has 21 heavy (non-hydrogen) atoms. The number of hydrogen-bond donors (Lipinski definition) is 0. The van der Waals surface area contributed by atoms with Crippen LogP contribution in [-0.2, 0) is 0 Å². The number of hydrogen-bond acceptors (Lipinski definition) is 0. The molecule has 0 radical (unpaired) electrons. The number of rotatable bonds is 2. The molecule has 2 rings (SSSR count). The van der Waals surface area contributed by atoms with Gasteiger partial charge in [-0.1, -0.05) is 89.3 Å². The van der Waals surface area contributed by atoms with Gasteiger partial charge in [-0.2, -0.15) is 0 Å². The van der Waals surface area contributed by atoms with Crippen LogP contribution in [0, 0.1) is 10.8 Å². The first-order valence-electron chi connectivity index (χ1n) is 8.29. The highest BCUT2D eigenvalue weighted by Crippen LogP contribution is 2.47. The molecule has 0 aromatic rings. The molecule has 0 spiro atoms. The third-order valence-corrected chi connectivity index (χ3v) is 8.47. The Balaban J connectivity index is 2.41.